The second-order valence-electron chi connectivity index (χ2n) is 10.3. The van der Waals surface area contributed by atoms with Crippen LogP contribution in [0.5, 0.6) is 0 Å². The van der Waals surface area contributed by atoms with E-state index in [-0.39, 0.29) is 6.04 Å². The number of rotatable bonds is 7. The average molecular weight is 560 g/mol. The van der Waals surface area contributed by atoms with Crippen molar-refractivity contribution in [3.05, 3.63) is 198 Å². The lowest BCUT2D eigenvalue weighted by Gasteiger charge is -2.35. The van der Waals surface area contributed by atoms with Gasteiger partial charge in [-0.2, -0.15) is 0 Å². The first-order chi connectivity index (χ1) is 20.8. The zero-order valence-corrected chi connectivity index (χ0v) is 24.0. The second kappa shape index (κ2) is 11.6. The van der Waals surface area contributed by atoms with E-state index >= 15 is 0 Å². The van der Waals surface area contributed by atoms with Gasteiger partial charge in [-0.05, 0) is 35.5 Å². The zero-order chi connectivity index (χ0) is 28.2. The Bertz CT molecular complexity index is 1710. The van der Waals surface area contributed by atoms with E-state index in [4.69, 9.17) is 9.73 Å². The van der Waals surface area contributed by atoms with E-state index in [0.717, 1.165) is 22.3 Å². The van der Waals surface area contributed by atoms with Crippen molar-refractivity contribution >= 4 is 29.7 Å². The molecule has 0 spiro atoms. The summed E-state index contributed by atoms with van der Waals surface area (Å²) in [6, 6.07) is 61.6. The highest BCUT2D eigenvalue weighted by atomic mass is 31.1. The van der Waals surface area contributed by atoms with Crippen molar-refractivity contribution in [2.75, 3.05) is 0 Å². The van der Waals surface area contributed by atoms with Gasteiger partial charge in [0.2, 0.25) is 5.90 Å². The van der Waals surface area contributed by atoms with E-state index in [2.05, 4.69) is 176 Å². The molecule has 0 bridgehead atoms. The summed E-state index contributed by atoms with van der Waals surface area (Å²) in [6.07, 6.45) is 0. The number of benzene rings is 6. The molecule has 3 heteroatoms. The summed E-state index contributed by atoms with van der Waals surface area (Å²) in [4.78, 5) is 5.47. The first kappa shape index (κ1) is 26.1. The van der Waals surface area contributed by atoms with Crippen LogP contribution in [0.2, 0.25) is 0 Å². The van der Waals surface area contributed by atoms with E-state index in [1.807, 2.05) is 0 Å². The highest BCUT2D eigenvalue weighted by Gasteiger charge is 2.51. The van der Waals surface area contributed by atoms with Crippen molar-refractivity contribution < 1.29 is 4.74 Å². The summed E-state index contributed by atoms with van der Waals surface area (Å²) in [5, 5.41) is 3.82. The van der Waals surface area contributed by atoms with Crippen LogP contribution in [0.3, 0.4) is 0 Å². The van der Waals surface area contributed by atoms with Crippen LogP contribution in [0.25, 0.3) is 0 Å². The van der Waals surface area contributed by atoms with Crippen LogP contribution in [0.4, 0.5) is 0 Å². The molecule has 1 aliphatic heterocycles. The van der Waals surface area contributed by atoms with Crippen molar-refractivity contribution in [3.63, 3.8) is 0 Å². The maximum Gasteiger partial charge on any atom is 0.218 e. The van der Waals surface area contributed by atoms with Crippen LogP contribution in [0.15, 0.2) is 181 Å². The molecule has 0 amide bonds. The minimum absolute atomic E-state index is 0.272. The predicted molar refractivity (Wildman–Crippen MR) is 176 cm³/mol. The van der Waals surface area contributed by atoms with Gasteiger partial charge < -0.3 is 4.74 Å². The van der Waals surface area contributed by atoms with Gasteiger partial charge in [0.25, 0.3) is 0 Å². The summed E-state index contributed by atoms with van der Waals surface area (Å²) in [5.41, 5.74) is 3.48. The average Bonchev–Trinajstić information content (AvgIpc) is 3.49. The standard InChI is InChI=1S/C39H30NOP/c1-6-18-30(19-7-1)37-39(31-20-8-2-9-21-31,32-22-10-3-11-23-32)41-38(40-37)35-28-16-17-29-36(35)42(33-24-12-4-13-25-33)34-26-14-5-15-27-34/h1-29,37H/t37-/m0/s1. The van der Waals surface area contributed by atoms with Gasteiger partial charge in [-0.15, -0.1) is 0 Å². The number of aliphatic imine (C=N–C) groups is 1. The summed E-state index contributed by atoms with van der Waals surface area (Å²) >= 11 is 0. The molecule has 42 heavy (non-hydrogen) atoms. The Labute approximate surface area is 248 Å². The molecule has 0 saturated carbocycles. The lowest BCUT2D eigenvalue weighted by molar-refractivity contribution is 0.0981. The molecule has 1 atom stereocenters. The highest BCUT2D eigenvalue weighted by Crippen LogP contribution is 2.51. The molecule has 0 unspecified atom stereocenters. The molecule has 6 aromatic rings. The quantitative estimate of drug-likeness (QED) is 0.182. The molecular weight excluding hydrogens is 529 g/mol. The summed E-state index contributed by atoms with van der Waals surface area (Å²) in [7, 11) is -0.852. The van der Waals surface area contributed by atoms with E-state index in [9.17, 15) is 0 Å². The largest absolute Gasteiger partial charge is 0.458 e. The minimum atomic E-state index is -0.852. The molecule has 0 aromatic heterocycles. The van der Waals surface area contributed by atoms with E-state index < -0.39 is 13.5 Å². The Balaban J connectivity index is 1.45. The van der Waals surface area contributed by atoms with Crippen LogP contribution >= 0.6 is 7.92 Å². The predicted octanol–water partition coefficient (Wildman–Crippen LogP) is 7.91. The molecule has 0 saturated heterocycles. The third-order valence-corrected chi connectivity index (χ3v) is 10.3. The van der Waals surface area contributed by atoms with Gasteiger partial charge in [0.1, 0.15) is 6.04 Å². The summed E-state index contributed by atoms with van der Waals surface area (Å²) in [5.74, 6) is 0.673. The summed E-state index contributed by atoms with van der Waals surface area (Å²) < 4.78 is 7.30. The number of hydrogen-bond acceptors (Lipinski definition) is 2. The fourth-order valence-electron chi connectivity index (χ4n) is 5.91. The third kappa shape index (κ3) is 4.75. The van der Waals surface area contributed by atoms with E-state index in [1.165, 1.54) is 15.9 Å². The molecule has 202 valence electrons. The van der Waals surface area contributed by atoms with Gasteiger partial charge in [0.15, 0.2) is 5.60 Å². The first-order valence-electron chi connectivity index (χ1n) is 14.3. The Morgan fingerprint density at radius 3 is 1.43 bits per heavy atom. The van der Waals surface area contributed by atoms with Gasteiger partial charge in [-0.25, -0.2) is 4.99 Å². The van der Waals surface area contributed by atoms with Crippen molar-refractivity contribution in [1.82, 2.24) is 0 Å². The topological polar surface area (TPSA) is 21.6 Å². The Hall–Kier alpha value is -4.78. The normalized spacial score (nSPS) is 15.6. The lowest BCUT2D eigenvalue weighted by atomic mass is 9.78. The maximum absolute atomic E-state index is 7.30. The van der Waals surface area contributed by atoms with Crippen LogP contribution in [-0.2, 0) is 10.3 Å². The van der Waals surface area contributed by atoms with Gasteiger partial charge in [0.05, 0.1) is 0 Å². The van der Waals surface area contributed by atoms with Crippen LogP contribution in [0, 0.1) is 0 Å². The van der Waals surface area contributed by atoms with Gasteiger partial charge in [-0.1, -0.05) is 170 Å². The van der Waals surface area contributed by atoms with E-state index in [1.54, 1.807) is 0 Å². The van der Waals surface area contributed by atoms with Crippen LogP contribution in [-0.4, -0.2) is 5.90 Å². The zero-order valence-electron chi connectivity index (χ0n) is 23.1. The molecule has 6 aromatic carbocycles. The number of nitrogens with zero attached hydrogens (tertiary/aromatic N) is 1. The van der Waals surface area contributed by atoms with Gasteiger partial charge in [-0.3, -0.25) is 0 Å². The van der Waals surface area contributed by atoms with E-state index in [0.29, 0.717) is 5.90 Å². The summed E-state index contributed by atoms with van der Waals surface area (Å²) in [6.45, 7) is 0. The van der Waals surface area contributed by atoms with Gasteiger partial charge in [0, 0.05) is 16.7 Å². The number of ether oxygens (including phenoxy) is 1. The van der Waals surface area contributed by atoms with Crippen LogP contribution in [0.1, 0.15) is 28.3 Å². The maximum atomic E-state index is 7.30. The Kier molecular flexibility index (Phi) is 7.22. The minimum Gasteiger partial charge on any atom is -0.458 e. The second-order valence-corrected chi connectivity index (χ2v) is 12.5. The SMILES string of the molecule is c1ccc([C@@H]2N=C(c3ccccc3P(c3ccccc3)c3ccccc3)OC2(c2ccccc2)c2ccccc2)cc1. The molecule has 1 aliphatic rings. The molecule has 0 fully saturated rings. The monoisotopic (exact) mass is 559 g/mol. The lowest BCUT2D eigenvalue weighted by Crippen LogP contribution is -2.35. The highest BCUT2D eigenvalue weighted by molar-refractivity contribution is 7.80. The first-order valence-corrected chi connectivity index (χ1v) is 15.6. The van der Waals surface area contributed by atoms with Crippen molar-refractivity contribution in [1.29, 1.82) is 0 Å². The van der Waals surface area contributed by atoms with Crippen LogP contribution < -0.4 is 15.9 Å². The molecule has 0 N–H and O–H groups in total. The Morgan fingerprint density at radius 1 is 0.476 bits per heavy atom. The van der Waals surface area contributed by atoms with Gasteiger partial charge >= 0.3 is 0 Å². The van der Waals surface area contributed by atoms with Crippen molar-refractivity contribution in [2.45, 2.75) is 11.6 Å². The molecule has 0 aliphatic carbocycles. The third-order valence-electron chi connectivity index (χ3n) is 7.81. The number of hydrogen-bond donors (Lipinski definition) is 0. The molecular formula is C39H30NOP. The van der Waals surface area contributed by atoms with Crippen molar-refractivity contribution in [2.24, 2.45) is 4.99 Å². The molecule has 7 rings (SSSR count). The smallest absolute Gasteiger partial charge is 0.218 e. The molecule has 1 heterocycles. The Morgan fingerprint density at radius 2 is 0.905 bits per heavy atom. The van der Waals surface area contributed by atoms with Crippen molar-refractivity contribution in [3.8, 4) is 0 Å². The fraction of sp³-hybridized carbons (Fsp3) is 0.0513. The fourth-order valence-corrected chi connectivity index (χ4v) is 8.36. The molecule has 2 nitrogen and oxygen atoms in total. The molecule has 0 radical (unpaired) electrons.